The molecular weight excluding hydrogens is 853 g/mol. The van der Waals surface area contributed by atoms with Crippen LogP contribution in [0.1, 0.15) is 62.4 Å². The number of aliphatic imine (C=N–C) groups is 2. The lowest BCUT2D eigenvalue weighted by atomic mass is 9.87. The minimum Gasteiger partial charge on any atom is -0.495 e. The van der Waals surface area contributed by atoms with Gasteiger partial charge in [0.15, 0.2) is 0 Å². The molecule has 2 aliphatic carbocycles. The fourth-order valence-electron chi connectivity index (χ4n) is 8.80. The quantitative estimate of drug-likeness (QED) is 0.121. The lowest BCUT2D eigenvalue weighted by molar-refractivity contribution is -0.142. The molecule has 2 atom stereocenters. The summed E-state index contributed by atoms with van der Waals surface area (Å²) in [6.45, 7) is 1.77. The van der Waals surface area contributed by atoms with Gasteiger partial charge >= 0.3 is 5.97 Å². The summed E-state index contributed by atoms with van der Waals surface area (Å²) >= 11 is 3.20. The van der Waals surface area contributed by atoms with Crippen molar-refractivity contribution in [1.82, 2.24) is 29.7 Å². The number of carboxylic acids is 1. The minimum atomic E-state index is -0.725. The van der Waals surface area contributed by atoms with Crippen LogP contribution in [0.4, 0.5) is 23.0 Å². The van der Waals surface area contributed by atoms with Crippen molar-refractivity contribution < 1.29 is 29.0 Å². The Hall–Kier alpha value is -6.53. The number of carbonyl (C=O) groups excluding carboxylic acids is 2. The second-order valence-electron chi connectivity index (χ2n) is 16.5. The van der Waals surface area contributed by atoms with Gasteiger partial charge in [0, 0.05) is 62.2 Å². The van der Waals surface area contributed by atoms with Gasteiger partial charge in [0.1, 0.15) is 45.5 Å². The van der Waals surface area contributed by atoms with Crippen molar-refractivity contribution in [2.24, 2.45) is 21.8 Å². The number of thiophene rings is 2. The van der Waals surface area contributed by atoms with Crippen molar-refractivity contribution >= 4 is 96.3 Å². The fourth-order valence-corrected chi connectivity index (χ4v) is 11.3. The van der Waals surface area contributed by atoms with E-state index in [9.17, 15) is 19.5 Å². The number of aromatic nitrogens is 4. The van der Waals surface area contributed by atoms with Crippen LogP contribution in [-0.2, 0) is 53.2 Å². The normalized spacial score (nSPS) is 16.6. The number of rotatable bonds is 11. The molecule has 0 saturated carbocycles. The van der Waals surface area contributed by atoms with Crippen molar-refractivity contribution in [1.29, 1.82) is 0 Å². The zero-order valence-corrected chi connectivity index (χ0v) is 37.9. The van der Waals surface area contributed by atoms with E-state index in [1.165, 1.54) is 16.0 Å². The molecule has 2 aliphatic heterocycles. The second-order valence-corrected chi connectivity index (χ2v) is 18.7. The zero-order chi connectivity index (χ0) is 44.6. The SMILES string of the molecule is COc1cc2c(cc1Nc1ncnc3sc4c(c13)CC[C@H](C(=O)N(C)CCC(=O)N(C)C)C4)C=NC2.COc1cc2c(cc1Nc1ncnc3sc4c(c13)CC[C@H](C(=O)O)C4)C=NC2. The lowest BCUT2D eigenvalue weighted by Gasteiger charge is -2.27. The summed E-state index contributed by atoms with van der Waals surface area (Å²) in [6, 6.07) is 8.09. The number of nitrogens with zero attached hydrogens (tertiary/aromatic N) is 8. The molecule has 0 bridgehead atoms. The van der Waals surface area contributed by atoms with Crippen LogP contribution in [0.3, 0.4) is 0 Å². The zero-order valence-electron chi connectivity index (χ0n) is 36.2. The summed E-state index contributed by atoms with van der Waals surface area (Å²) in [6.07, 6.45) is 11.4. The Morgan fingerprint density at radius 2 is 1.23 bits per heavy atom. The summed E-state index contributed by atoms with van der Waals surface area (Å²) in [7, 11) is 8.56. The second kappa shape index (κ2) is 17.9. The van der Waals surface area contributed by atoms with E-state index >= 15 is 0 Å². The van der Waals surface area contributed by atoms with Gasteiger partial charge < -0.3 is 35.0 Å². The highest BCUT2D eigenvalue weighted by molar-refractivity contribution is 7.19. The molecule has 10 rings (SSSR count). The number of amides is 2. The van der Waals surface area contributed by atoms with Crippen LogP contribution < -0.4 is 20.1 Å². The molecule has 0 unspecified atom stereocenters. The van der Waals surface area contributed by atoms with Gasteiger partial charge in [0.25, 0.3) is 0 Å². The molecule has 330 valence electrons. The molecule has 0 saturated heterocycles. The smallest absolute Gasteiger partial charge is 0.306 e. The maximum absolute atomic E-state index is 13.1. The van der Waals surface area contributed by atoms with E-state index in [1.807, 2.05) is 36.7 Å². The van der Waals surface area contributed by atoms with E-state index in [0.29, 0.717) is 45.3 Å². The average Bonchev–Trinajstić information content (AvgIpc) is 4.11. The molecule has 4 aliphatic rings. The van der Waals surface area contributed by atoms with Gasteiger partial charge in [-0.3, -0.25) is 24.4 Å². The van der Waals surface area contributed by atoms with Crippen molar-refractivity contribution in [3.05, 3.63) is 80.1 Å². The number of nitrogens with one attached hydrogen (secondary N) is 2. The lowest BCUT2D eigenvalue weighted by Crippen LogP contribution is -2.37. The van der Waals surface area contributed by atoms with E-state index < -0.39 is 5.97 Å². The van der Waals surface area contributed by atoms with Gasteiger partial charge in [-0.1, -0.05) is 0 Å². The van der Waals surface area contributed by atoms with Gasteiger partial charge in [0.05, 0.1) is 55.4 Å². The highest BCUT2D eigenvalue weighted by Gasteiger charge is 2.32. The summed E-state index contributed by atoms with van der Waals surface area (Å²) in [4.78, 5) is 70.5. The monoisotopic (exact) mass is 900 g/mol. The molecule has 2 aromatic carbocycles. The Bertz CT molecular complexity index is 2890. The molecule has 4 aromatic heterocycles. The predicted molar refractivity (Wildman–Crippen MR) is 250 cm³/mol. The third kappa shape index (κ3) is 8.34. The number of benzene rings is 2. The number of fused-ring (bicyclic) bond motifs is 8. The van der Waals surface area contributed by atoms with Crippen LogP contribution in [0.25, 0.3) is 20.4 Å². The number of hydrogen-bond acceptors (Lipinski definition) is 15. The largest absolute Gasteiger partial charge is 0.495 e. The summed E-state index contributed by atoms with van der Waals surface area (Å²) in [5.74, 6) is 1.94. The molecule has 2 amide bonds. The van der Waals surface area contributed by atoms with Gasteiger partial charge in [0.2, 0.25) is 11.8 Å². The maximum atomic E-state index is 13.1. The molecule has 64 heavy (non-hydrogen) atoms. The third-order valence-electron chi connectivity index (χ3n) is 12.3. The maximum Gasteiger partial charge on any atom is 0.306 e. The molecule has 18 heteroatoms. The molecule has 6 heterocycles. The summed E-state index contributed by atoms with van der Waals surface area (Å²) in [5.41, 5.74) is 8.49. The van der Waals surface area contributed by atoms with Crippen LogP contribution >= 0.6 is 22.7 Å². The first-order valence-electron chi connectivity index (χ1n) is 21.1. The van der Waals surface area contributed by atoms with Crippen molar-refractivity contribution in [2.45, 2.75) is 58.0 Å². The van der Waals surface area contributed by atoms with E-state index in [-0.39, 0.29) is 23.7 Å². The summed E-state index contributed by atoms with van der Waals surface area (Å²) < 4.78 is 11.2. The predicted octanol–water partition coefficient (Wildman–Crippen LogP) is 6.98. The third-order valence-corrected chi connectivity index (χ3v) is 14.7. The molecule has 0 radical (unpaired) electrons. The Morgan fingerprint density at radius 1 is 0.734 bits per heavy atom. The van der Waals surface area contributed by atoms with Crippen LogP contribution in [0.5, 0.6) is 11.5 Å². The highest BCUT2D eigenvalue weighted by atomic mass is 32.1. The summed E-state index contributed by atoms with van der Waals surface area (Å²) in [5, 5.41) is 18.3. The molecule has 0 fully saturated rings. The van der Waals surface area contributed by atoms with E-state index in [4.69, 9.17) is 9.47 Å². The standard InChI is InChI=1S/C26H30N6O3S.C20H18N4O3S/c1-31(2)22(33)7-8-32(3)26(34)15-5-6-18-21(11-15)36-25-23(18)24(28-14-29-25)30-19-9-16-12-27-13-17(16)10-20(19)35-4;1-27-15-5-12-8-21-7-11(12)4-14(15)24-18-17-13-3-2-10(20(25)26)6-16(13)28-19(17)23-9-22-18/h9-10,12,14-15H,5-8,11,13H2,1-4H3,(H,28,29,30);4-5,7,9-10H,2-3,6,8H2,1H3,(H,25,26)(H,22,23,24)/t15-;10-/m00/s1. The number of hydrogen-bond donors (Lipinski definition) is 3. The fraction of sp³-hybridized carbons (Fsp3) is 0.370. The molecule has 16 nitrogen and oxygen atoms in total. The van der Waals surface area contributed by atoms with E-state index in [0.717, 1.165) is 101 Å². The number of aryl methyl sites for hydroxylation is 2. The molecule has 0 spiro atoms. The Labute approximate surface area is 377 Å². The van der Waals surface area contributed by atoms with Crippen molar-refractivity contribution in [3.8, 4) is 11.5 Å². The first kappa shape index (κ1) is 42.8. The Kier molecular flexibility index (Phi) is 12.0. The average molecular weight is 901 g/mol. The number of aliphatic carboxylic acids is 1. The van der Waals surface area contributed by atoms with E-state index in [1.54, 1.807) is 80.5 Å². The minimum absolute atomic E-state index is 0.0241. The van der Waals surface area contributed by atoms with Crippen LogP contribution in [0.2, 0.25) is 0 Å². The van der Waals surface area contributed by atoms with Crippen LogP contribution in [0.15, 0.2) is 46.9 Å². The van der Waals surface area contributed by atoms with Crippen LogP contribution in [0, 0.1) is 11.8 Å². The first-order chi connectivity index (χ1) is 31.0. The van der Waals surface area contributed by atoms with Gasteiger partial charge in [-0.15, -0.1) is 22.7 Å². The van der Waals surface area contributed by atoms with Crippen molar-refractivity contribution in [2.75, 3.05) is 52.5 Å². The van der Waals surface area contributed by atoms with Gasteiger partial charge in [-0.2, -0.15) is 0 Å². The molecule has 6 aromatic rings. The molecular formula is C46H48N10O6S2. The number of methoxy groups -OCH3 is 2. The van der Waals surface area contributed by atoms with Crippen molar-refractivity contribution in [3.63, 3.8) is 0 Å². The van der Waals surface area contributed by atoms with Gasteiger partial charge in [-0.25, -0.2) is 19.9 Å². The van der Waals surface area contributed by atoms with E-state index in [2.05, 4.69) is 40.6 Å². The molecule has 3 N–H and O–H groups in total. The highest BCUT2D eigenvalue weighted by Crippen LogP contribution is 2.44. The van der Waals surface area contributed by atoms with Gasteiger partial charge in [-0.05, 0) is 96.2 Å². The number of carbonyl (C=O) groups is 3. The topological polar surface area (TPSA) is 197 Å². The number of anilines is 4. The first-order valence-corrected chi connectivity index (χ1v) is 22.8. The van der Waals surface area contributed by atoms with Crippen LogP contribution in [-0.4, -0.2) is 107 Å². The Balaban J connectivity index is 0.000000167. The number of carboxylic acid groups (broad SMARTS) is 1. The Morgan fingerprint density at radius 3 is 1.72 bits per heavy atom. The number of ether oxygens (including phenoxy) is 2.